The molecule has 174 valence electrons. The van der Waals surface area contributed by atoms with Crippen molar-refractivity contribution < 1.29 is 19.0 Å². The third-order valence-corrected chi connectivity index (χ3v) is 4.77. The fourth-order valence-corrected chi connectivity index (χ4v) is 3.10. The molecule has 0 N–H and O–H groups in total. The SMILES string of the molecule is CCON=CCc1ccc(OCCCCOc2c(Cl)cc(OCC=C(Cl)Cl)cc2Cl)nc1. The van der Waals surface area contributed by atoms with Crippen LogP contribution >= 0.6 is 46.4 Å². The van der Waals surface area contributed by atoms with Gasteiger partial charge in [-0.15, -0.1) is 0 Å². The van der Waals surface area contributed by atoms with Crippen molar-refractivity contribution in [2.45, 2.75) is 26.2 Å². The van der Waals surface area contributed by atoms with Crippen LogP contribution < -0.4 is 14.2 Å². The molecule has 0 saturated heterocycles. The molecule has 0 fully saturated rings. The second-order valence-electron chi connectivity index (χ2n) is 6.34. The van der Waals surface area contributed by atoms with E-state index in [1.165, 1.54) is 6.08 Å². The Labute approximate surface area is 208 Å². The highest BCUT2D eigenvalue weighted by Gasteiger charge is 2.10. The zero-order chi connectivity index (χ0) is 23.2. The molecule has 2 rings (SSSR count). The van der Waals surface area contributed by atoms with Crippen LogP contribution in [-0.2, 0) is 11.3 Å². The third kappa shape index (κ3) is 10.2. The maximum absolute atomic E-state index is 6.25. The Morgan fingerprint density at radius 2 is 1.75 bits per heavy atom. The molecule has 1 aromatic carbocycles. The van der Waals surface area contributed by atoms with Gasteiger partial charge in [0.2, 0.25) is 5.88 Å². The van der Waals surface area contributed by atoms with Crippen molar-refractivity contribution in [2.24, 2.45) is 5.16 Å². The van der Waals surface area contributed by atoms with Crippen LogP contribution in [0, 0.1) is 0 Å². The highest BCUT2D eigenvalue weighted by atomic mass is 35.5. The largest absolute Gasteiger partial charge is 0.490 e. The number of hydrogen-bond donors (Lipinski definition) is 0. The van der Waals surface area contributed by atoms with Crippen molar-refractivity contribution in [2.75, 3.05) is 26.4 Å². The molecule has 10 heteroatoms. The van der Waals surface area contributed by atoms with Crippen LogP contribution in [0.3, 0.4) is 0 Å². The van der Waals surface area contributed by atoms with Gasteiger partial charge in [0.1, 0.15) is 23.5 Å². The lowest BCUT2D eigenvalue weighted by Gasteiger charge is -2.12. The molecule has 6 nitrogen and oxygen atoms in total. The Morgan fingerprint density at radius 3 is 2.38 bits per heavy atom. The first-order valence-electron chi connectivity index (χ1n) is 9.97. The zero-order valence-electron chi connectivity index (χ0n) is 17.5. The van der Waals surface area contributed by atoms with Crippen LogP contribution in [0.25, 0.3) is 0 Å². The summed E-state index contributed by atoms with van der Waals surface area (Å²) >= 11 is 23.6. The average molecular weight is 522 g/mol. The molecular formula is C22H24Cl4N2O4. The number of rotatable bonds is 14. The predicted octanol–water partition coefficient (Wildman–Crippen LogP) is 6.89. The summed E-state index contributed by atoms with van der Waals surface area (Å²) in [5.74, 6) is 1.48. The first kappa shape index (κ1) is 26.4. The number of ether oxygens (including phenoxy) is 3. The van der Waals surface area contributed by atoms with E-state index in [0.717, 1.165) is 18.4 Å². The fraction of sp³-hybridized carbons (Fsp3) is 0.364. The van der Waals surface area contributed by atoms with Crippen LogP contribution in [0.1, 0.15) is 25.3 Å². The quantitative estimate of drug-likeness (QED) is 0.154. The zero-order valence-corrected chi connectivity index (χ0v) is 20.6. The normalized spacial score (nSPS) is 10.8. The molecular weight excluding hydrogens is 498 g/mol. The lowest BCUT2D eigenvalue weighted by Crippen LogP contribution is -2.04. The minimum atomic E-state index is 0.127. The van der Waals surface area contributed by atoms with Gasteiger partial charge in [-0.05, 0) is 31.4 Å². The summed E-state index contributed by atoms with van der Waals surface area (Å²) in [5, 5.41) is 4.53. The number of aromatic nitrogens is 1. The summed E-state index contributed by atoms with van der Waals surface area (Å²) in [6.45, 7) is 3.60. The van der Waals surface area contributed by atoms with E-state index in [9.17, 15) is 0 Å². The number of oxime groups is 1. The first-order valence-corrected chi connectivity index (χ1v) is 11.5. The summed E-state index contributed by atoms with van der Waals surface area (Å²) in [7, 11) is 0. The smallest absolute Gasteiger partial charge is 0.213 e. The number of nitrogens with zero attached hydrogens (tertiary/aromatic N) is 2. The van der Waals surface area contributed by atoms with Crippen molar-refractivity contribution >= 4 is 52.6 Å². The van der Waals surface area contributed by atoms with Gasteiger partial charge in [-0.2, -0.15) is 0 Å². The highest BCUT2D eigenvalue weighted by molar-refractivity contribution is 6.55. The van der Waals surface area contributed by atoms with E-state index < -0.39 is 0 Å². The predicted molar refractivity (Wildman–Crippen MR) is 130 cm³/mol. The number of hydrogen-bond acceptors (Lipinski definition) is 6. The van der Waals surface area contributed by atoms with Crippen LogP contribution in [-0.4, -0.2) is 37.6 Å². The second-order valence-corrected chi connectivity index (χ2v) is 8.16. The first-order chi connectivity index (χ1) is 15.5. The van der Waals surface area contributed by atoms with Gasteiger partial charge in [0, 0.05) is 37.0 Å². The average Bonchev–Trinajstić information content (AvgIpc) is 2.76. The van der Waals surface area contributed by atoms with Crippen LogP contribution in [0.5, 0.6) is 17.4 Å². The van der Waals surface area contributed by atoms with Crippen molar-refractivity contribution in [3.8, 4) is 17.4 Å². The van der Waals surface area contributed by atoms with Gasteiger partial charge >= 0.3 is 0 Å². The van der Waals surface area contributed by atoms with E-state index in [0.29, 0.717) is 53.7 Å². The Balaban J connectivity index is 1.68. The molecule has 0 aliphatic carbocycles. The van der Waals surface area contributed by atoms with Gasteiger partial charge in [-0.3, -0.25) is 0 Å². The van der Waals surface area contributed by atoms with Gasteiger partial charge in [-0.1, -0.05) is 57.6 Å². The summed E-state index contributed by atoms with van der Waals surface area (Å²) < 4.78 is 17.0. The molecule has 2 aromatic rings. The summed E-state index contributed by atoms with van der Waals surface area (Å²) in [6.07, 6.45) is 7.17. The molecule has 32 heavy (non-hydrogen) atoms. The van der Waals surface area contributed by atoms with E-state index >= 15 is 0 Å². The second kappa shape index (κ2) is 15.1. The summed E-state index contributed by atoms with van der Waals surface area (Å²) in [6, 6.07) is 7.03. The van der Waals surface area contributed by atoms with Gasteiger partial charge in [-0.25, -0.2) is 4.98 Å². The topological polar surface area (TPSA) is 62.2 Å². The van der Waals surface area contributed by atoms with E-state index in [-0.39, 0.29) is 11.1 Å². The number of benzene rings is 1. The standard InChI is InChI=1S/C22H24Cl4N2O4/c1-2-32-28-9-7-16-5-6-21(27-15-16)30-10-3-4-11-31-22-18(23)13-17(14-19(22)24)29-12-8-20(25)26/h5-6,8-9,13-15H,2-4,7,10-12H2,1H3. The molecule has 0 aliphatic rings. The number of halogens is 4. The highest BCUT2D eigenvalue weighted by Crippen LogP contribution is 2.37. The monoisotopic (exact) mass is 520 g/mol. The summed E-state index contributed by atoms with van der Waals surface area (Å²) in [5.41, 5.74) is 1.03. The Morgan fingerprint density at radius 1 is 1.03 bits per heavy atom. The van der Waals surface area contributed by atoms with Crippen LogP contribution in [0.4, 0.5) is 0 Å². The van der Waals surface area contributed by atoms with Gasteiger partial charge in [0.25, 0.3) is 0 Å². The van der Waals surface area contributed by atoms with Gasteiger partial charge in [0.15, 0.2) is 5.75 Å². The van der Waals surface area contributed by atoms with E-state index in [2.05, 4.69) is 10.1 Å². The minimum Gasteiger partial charge on any atom is -0.490 e. The fourth-order valence-electron chi connectivity index (χ4n) is 2.40. The summed E-state index contributed by atoms with van der Waals surface area (Å²) in [4.78, 5) is 9.20. The lowest BCUT2D eigenvalue weighted by molar-refractivity contribution is 0.160. The van der Waals surface area contributed by atoms with Gasteiger partial charge < -0.3 is 19.0 Å². The molecule has 0 aliphatic heterocycles. The van der Waals surface area contributed by atoms with E-state index in [1.54, 1.807) is 24.5 Å². The number of unbranched alkanes of at least 4 members (excludes halogenated alkanes) is 1. The minimum absolute atomic E-state index is 0.127. The molecule has 0 unspecified atom stereocenters. The lowest BCUT2D eigenvalue weighted by atomic mass is 10.2. The van der Waals surface area contributed by atoms with Crippen LogP contribution in [0.2, 0.25) is 10.0 Å². The Hall–Kier alpha value is -1.86. The molecule has 1 heterocycles. The van der Waals surface area contributed by atoms with Crippen molar-refractivity contribution in [3.63, 3.8) is 0 Å². The van der Waals surface area contributed by atoms with Crippen molar-refractivity contribution in [1.29, 1.82) is 0 Å². The molecule has 0 saturated carbocycles. The third-order valence-electron chi connectivity index (χ3n) is 3.90. The Kier molecular flexibility index (Phi) is 12.4. The van der Waals surface area contributed by atoms with E-state index in [1.807, 2.05) is 19.1 Å². The molecule has 0 spiro atoms. The number of pyridine rings is 1. The molecule has 0 radical (unpaired) electrons. The maximum Gasteiger partial charge on any atom is 0.213 e. The molecule has 0 atom stereocenters. The molecule has 0 amide bonds. The van der Waals surface area contributed by atoms with Crippen molar-refractivity contribution in [3.05, 3.63) is 56.6 Å². The van der Waals surface area contributed by atoms with Crippen LogP contribution in [0.15, 0.2) is 46.2 Å². The maximum atomic E-state index is 6.25. The molecule has 0 bridgehead atoms. The Bertz CT molecular complexity index is 865. The van der Waals surface area contributed by atoms with E-state index in [4.69, 9.17) is 65.5 Å². The molecule has 1 aromatic heterocycles. The van der Waals surface area contributed by atoms with Crippen molar-refractivity contribution in [1.82, 2.24) is 4.98 Å². The van der Waals surface area contributed by atoms with Gasteiger partial charge in [0.05, 0.1) is 23.3 Å².